The predicted molar refractivity (Wildman–Crippen MR) is 54.7 cm³/mol. The van der Waals surface area contributed by atoms with Crippen molar-refractivity contribution in [1.82, 2.24) is 4.98 Å². The van der Waals surface area contributed by atoms with E-state index in [-0.39, 0.29) is 12.4 Å². The fraction of sp³-hybridized carbons (Fsp3) is 0.111. The molecule has 0 aliphatic rings. The van der Waals surface area contributed by atoms with Crippen molar-refractivity contribution in [2.24, 2.45) is 0 Å². The standard InChI is InChI=1S/C9H9NO3.ClH/c1-13-8-4-2-7(10-6-8)3-5-9(11)12;/h2-6H,1H3,(H,11,12);1H. The molecule has 0 aliphatic heterocycles. The Labute approximate surface area is 87.6 Å². The van der Waals surface area contributed by atoms with Crippen LogP contribution in [0.4, 0.5) is 0 Å². The molecule has 0 saturated carbocycles. The van der Waals surface area contributed by atoms with Crippen LogP contribution in [0.1, 0.15) is 5.69 Å². The number of hydrogen-bond acceptors (Lipinski definition) is 3. The molecule has 0 atom stereocenters. The van der Waals surface area contributed by atoms with Gasteiger partial charge in [0.05, 0.1) is 19.0 Å². The number of nitrogens with zero attached hydrogens (tertiary/aromatic N) is 1. The molecule has 1 N–H and O–H groups in total. The maximum Gasteiger partial charge on any atom is 0.328 e. The van der Waals surface area contributed by atoms with Crippen molar-refractivity contribution in [2.45, 2.75) is 0 Å². The molecular formula is C9H10ClNO3. The lowest BCUT2D eigenvalue weighted by atomic mass is 10.3. The molecule has 1 aromatic heterocycles. The molecule has 0 bridgehead atoms. The fourth-order valence-electron chi connectivity index (χ4n) is 0.768. The van der Waals surface area contributed by atoms with E-state index < -0.39 is 5.97 Å². The number of methoxy groups -OCH3 is 1. The van der Waals surface area contributed by atoms with Gasteiger partial charge in [0.1, 0.15) is 5.75 Å². The first-order chi connectivity index (χ1) is 6.22. The topological polar surface area (TPSA) is 59.4 Å². The molecule has 0 radical (unpaired) electrons. The SMILES string of the molecule is COc1ccc(C=CC(=O)O)nc1.Cl. The highest BCUT2D eigenvalue weighted by Gasteiger charge is 1.92. The minimum Gasteiger partial charge on any atom is -0.495 e. The molecule has 1 heterocycles. The quantitative estimate of drug-likeness (QED) is 0.779. The summed E-state index contributed by atoms with van der Waals surface area (Å²) >= 11 is 0. The smallest absolute Gasteiger partial charge is 0.328 e. The van der Waals surface area contributed by atoms with E-state index in [0.717, 1.165) is 6.08 Å². The summed E-state index contributed by atoms with van der Waals surface area (Å²) < 4.78 is 4.89. The number of pyridine rings is 1. The first kappa shape index (κ1) is 12.4. The van der Waals surface area contributed by atoms with Gasteiger partial charge in [-0.25, -0.2) is 4.79 Å². The third kappa shape index (κ3) is 3.91. The minimum atomic E-state index is -0.988. The van der Waals surface area contributed by atoms with Crippen LogP contribution in [-0.2, 0) is 4.79 Å². The highest BCUT2D eigenvalue weighted by molar-refractivity contribution is 5.85. The van der Waals surface area contributed by atoms with Crippen LogP contribution in [0.2, 0.25) is 0 Å². The first-order valence-electron chi connectivity index (χ1n) is 3.63. The highest BCUT2D eigenvalue weighted by atomic mass is 35.5. The normalized spacial score (nSPS) is 9.50. The van der Waals surface area contributed by atoms with Gasteiger partial charge in [0.25, 0.3) is 0 Å². The Balaban J connectivity index is 0.00000169. The maximum atomic E-state index is 10.2. The lowest BCUT2D eigenvalue weighted by Crippen LogP contribution is -1.88. The van der Waals surface area contributed by atoms with Crippen LogP contribution in [0.25, 0.3) is 6.08 Å². The number of carboxylic acid groups (broad SMARTS) is 1. The number of carboxylic acids is 1. The van der Waals surface area contributed by atoms with E-state index in [9.17, 15) is 4.79 Å². The molecule has 0 fully saturated rings. The van der Waals surface area contributed by atoms with Gasteiger partial charge in [-0.3, -0.25) is 4.98 Å². The van der Waals surface area contributed by atoms with E-state index in [0.29, 0.717) is 11.4 Å². The summed E-state index contributed by atoms with van der Waals surface area (Å²) in [6.45, 7) is 0. The van der Waals surface area contributed by atoms with Gasteiger partial charge in [0, 0.05) is 6.08 Å². The molecular weight excluding hydrogens is 206 g/mol. The Morgan fingerprint density at radius 3 is 2.71 bits per heavy atom. The largest absolute Gasteiger partial charge is 0.495 e. The van der Waals surface area contributed by atoms with Gasteiger partial charge in [-0.05, 0) is 18.2 Å². The lowest BCUT2D eigenvalue weighted by Gasteiger charge is -1.97. The van der Waals surface area contributed by atoms with Gasteiger partial charge in [-0.15, -0.1) is 12.4 Å². The monoisotopic (exact) mass is 215 g/mol. The summed E-state index contributed by atoms with van der Waals surface area (Å²) in [7, 11) is 1.55. The fourth-order valence-corrected chi connectivity index (χ4v) is 0.768. The molecule has 76 valence electrons. The van der Waals surface area contributed by atoms with Crippen LogP contribution in [0.3, 0.4) is 0 Å². The van der Waals surface area contributed by atoms with Crippen molar-refractivity contribution in [3.63, 3.8) is 0 Å². The van der Waals surface area contributed by atoms with Gasteiger partial charge in [-0.2, -0.15) is 0 Å². The second-order valence-corrected chi connectivity index (χ2v) is 2.29. The number of hydrogen-bond donors (Lipinski definition) is 1. The van der Waals surface area contributed by atoms with Crippen LogP contribution < -0.4 is 4.74 Å². The summed E-state index contributed by atoms with van der Waals surface area (Å²) in [6.07, 6.45) is 3.98. The number of aromatic nitrogens is 1. The molecule has 1 rings (SSSR count). The Morgan fingerprint density at radius 2 is 2.29 bits per heavy atom. The summed E-state index contributed by atoms with van der Waals surface area (Å²) in [5.41, 5.74) is 0.586. The third-order valence-corrected chi connectivity index (χ3v) is 1.39. The molecule has 0 aliphatic carbocycles. The number of rotatable bonds is 3. The lowest BCUT2D eigenvalue weighted by molar-refractivity contribution is -0.131. The van der Waals surface area contributed by atoms with Gasteiger partial charge in [-0.1, -0.05) is 0 Å². The van der Waals surface area contributed by atoms with Crippen molar-refractivity contribution in [3.05, 3.63) is 30.1 Å². The van der Waals surface area contributed by atoms with Crippen LogP contribution in [0.15, 0.2) is 24.4 Å². The highest BCUT2D eigenvalue weighted by Crippen LogP contribution is 2.08. The average molecular weight is 216 g/mol. The molecule has 4 nitrogen and oxygen atoms in total. The van der Waals surface area contributed by atoms with E-state index in [4.69, 9.17) is 9.84 Å². The van der Waals surface area contributed by atoms with Crippen LogP contribution in [-0.4, -0.2) is 23.2 Å². The first-order valence-corrected chi connectivity index (χ1v) is 3.63. The third-order valence-electron chi connectivity index (χ3n) is 1.39. The molecule has 1 aromatic rings. The summed E-state index contributed by atoms with van der Waals surface area (Å²) in [6, 6.07) is 3.40. The minimum absolute atomic E-state index is 0. The summed E-state index contributed by atoms with van der Waals surface area (Å²) in [4.78, 5) is 14.1. The molecule has 0 saturated heterocycles. The summed E-state index contributed by atoms with van der Waals surface area (Å²) in [5.74, 6) is -0.343. The summed E-state index contributed by atoms with van der Waals surface area (Å²) in [5, 5.41) is 8.34. The second-order valence-electron chi connectivity index (χ2n) is 2.29. The molecule has 0 aromatic carbocycles. The van der Waals surface area contributed by atoms with Crippen LogP contribution >= 0.6 is 12.4 Å². The second kappa shape index (κ2) is 5.99. The zero-order valence-corrected chi connectivity index (χ0v) is 8.32. The van der Waals surface area contributed by atoms with E-state index in [1.54, 1.807) is 19.2 Å². The van der Waals surface area contributed by atoms with Crippen LogP contribution in [0.5, 0.6) is 5.75 Å². The Bertz CT molecular complexity index is 321. The molecule has 0 spiro atoms. The Morgan fingerprint density at radius 1 is 1.57 bits per heavy atom. The Hall–Kier alpha value is -1.55. The number of aliphatic carboxylic acids is 1. The van der Waals surface area contributed by atoms with Crippen LogP contribution in [0, 0.1) is 0 Å². The van der Waals surface area contributed by atoms with Gasteiger partial charge >= 0.3 is 5.97 Å². The number of halogens is 1. The van der Waals surface area contributed by atoms with Crippen molar-refractivity contribution < 1.29 is 14.6 Å². The molecule has 0 amide bonds. The zero-order chi connectivity index (χ0) is 9.68. The van der Waals surface area contributed by atoms with E-state index in [1.165, 1.54) is 12.3 Å². The van der Waals surface area contributed by atoms with Crippen molar-refractivity contribution in [3.8, 4) is 5.75 Å². The van der Waals surface area contributed by atoms with Crippen molar-refractivity contribution in [1.29, 1.82) is 0 Å². The number of carbonyl (C=O) groups is 1. The van der Waals surface area contributed by atoms with Crippen molar-refractivity contribution >= 4 is 24.5 Å². The molecule has 0 unspecified atom stereocenters. The van der Waals surface area contributed by atoms with Gasteiger partial charge in [0.2, 0.25) is 0 Å². The van der Waals surface area contributed by atoms with E-state index in [2.05, 4.69) is 4.98 Å². The molecule has 14 heavy (non-hydrogen) atoms. The maximum absolute atomic E-state index is 10.2. The van der Waals surface area contributed by atoms with Gasteiger partial charge in [0.15, 0.2) is 0 Å². The van der Waals surface area contributed by atoms with Gasteiger partial charge < -0.3 is 9.84 Å². The molecule has 5 heteroatoms. The number of ether oxygens (including phenoxy) is 1. The predicted octanol–water partition coefficient (Wildman–Crippen LogP) is 1.61. The van der Waals surface area contributed by atoms with Crippen molar-refractivity contribution in [2.75, 3.05) is 7.11 Å². The average Bonchev–Trinajstić information content (AvgIpc) is 2.15. The zero-order valence-electron chi connectivity index (χ0n) is 7.51. The van der Waals surface area contributed by atoms with E-state index in [1.807, 2.05) is 0 Å². The Kier molecular flexibility index (Phi) is 5.33. The van der Waals surface area contributed by atoms with E-state index >= 15 is 0 Å².